The monoisotopic (exact) mass is 332 g/mol. The fourth-order valence-corrected chi connectivity index (χ4v) is 3.24. The molecular formula is C16H17BrN2O. The third-order valence-electron chi connectivity index (χ3n) is 3.97. The summed E-state index contributed by atoms with van der Waals surface area (Å²) in [6.07, 6.45) is 9.54. The Morgan fingerprint density at radius 1 is 1.30 bits per heavy atom. The summed E-state index contributed by atoms with van der Waals surface area (Å²) < 4.78 is 0.941. The Hall–Kier alpha value is -1.28. The molecule has 1 fully saturated rings. The van der Waals surface area contributed by atoms with Gasteiger partial charge in [-0.3, -0.25) is 15.2 Å². The molecule has 2 aliphatic heterocycles. The molecule has 2 heterocycles. The van der Waals surface area contributed by atoms with E-state index in [1.807, 2.05) is 12.1 Å². The topological polar surface area (TPSA) is 24.5 Å². The van der Waals surface area contributed by atoms with Crippen molar-refractivity contribution in [1.29, 1.82) is 0 Å². The molecule has 1 spiro atoms. The number of hydrogen-bond donors (Lipinski definition) is 1. The zero-order chi connectivity index (χ0) is 14.0. The van der Waals surface area contributed by atoms with Crippen molar-refractivity contribution < 1.29 is 4.84 Å². The van der Waals surface area contributed by atoms with Gasteiger partial charge in [0, 0.05) is 25.2 Å². The normalized spacial score (nSPS) is 21.3. The molecule has 3 nitrogen and oxygen atoms in total. The molecule has 3 rings (SSSR count). The Bertz CT molecular complexity index is 551. The first-order valence-corrected chi connectivity index (χ1v) is 7.59. The molecule has 1 N–H and O–H groups in total. The van der Waals surface area contributed by atoms with E-state index in [2.05, 4.69) is 50.4 Å². The van der Waals surface area contributed by atoms with Crippen LogP contribution in [-0.2, 0) is 11.4 Å². The summed E-state index contributed by atoms with van der Waals surface area (Å²) in [6, 6.07) is 8.24. The van der Waals surface area contributed by atoms with Gasteiger partial charge < -0.3 is 0 Å². The molecule has 0 bridgehead atoms. The number of benzene rings is 1. The van der Waals surface area contributed by atoms with Crippen LogP contribution < -0.4 is 5.48 Å². The van der Waals surface area contributed by atoms with Gasteiger partial charge in [0.25, 0.3) is 0 Å². The van der Waals surface area contributed by atoms with Crippen molar-refractivity contribution in [2.75, 3.05) is 13.1 Å². The van der Waals surface area contributed by atoms with Crippen LogP contribution in [0.5, 0.6) is 0 Å². The lowest BCUT2D eigenvalue weighted by Crippen LogP contribution is -2.44. The van der Waals surface area contributed by atoms with Gasteiger partial charge in [0.1, 0.15) is 10.2 Å². The fraction of sp³-hybridized carbons (Fsp3) is 0.375. The maximum Gasteiger partial charge on any atom is 0.119 e. The van der Waals surface area contributed by atoms with Gasteiger partial charge in [0.05, 0.1) is 0 Å². The zero-order valence-corrected chi connectivity index (χ0v) is 12.8. The highest BCUT2D eigenvalue weighted by molar-refractivity contribution is 9.11. The second-order valence-corrected chi connectivity index (χ2v) is 6.23. The molecule has 1 aromatic rings. The quantitative estimate of drug-likeness (QED) is 0.665. The van der Waals surface area contributed by atoms with Gasteiger partial charge in [-0.05, 0) is 52.5 Å². The van der Waals surface area contributed by atoms with Crippen molar-refractivity contribution >= 4 is 15.9 Å². The van der Waals surface area contributed by atoms with Crippen LogP contribution >= 0.6 is 15.9 Å². The first-order chi connectivity index (χ1) is 9.69. The second kappa shape index (κ2) is 5.61. The summed E-state index contributed by atoms with van der Waals surface area (Å²) in [5, 5.41) is 0. The number of nitrogens with one attached hydrogen (secondary N) is 1. The minimum atomic E-state index is -0.122. The average molecular weight is 333 g/mol. The first-order valence-electron chi connectivity index (χ1n) is 6.79. The summed E-state index contributed by atoms with van der Waals surface area (Å²) in [7, 11) is 0. The summed E-state index contributed by atoms with van der Waals surface area (Å²) in [5.74, 6) is 2.65. The fourth-order valence-electron chi connectivity index (χ4n) is 2.74. The second-order valence-electron chi connectivity index (χ2n) is 5.38. The maximum absolute atomic E-state index is 5.68. The van der Waals surface area contributed by atoms with Gasteiger partial charge in [-0.25, -0.2) is 0 Å². The van der Waals surface area contributed by atoms with Gasteiger partial charge in [0.2, 0.25) is 0 Å². The number of likely N-dealkylation sites (tertiary alicyclic amines) is 1. The van der Waals surface area contributed by atoms with Crippen LogP contribution in [-0.4, -0.2) is 23.6 Å². The van der Waals surface area contributed by atoms with E-state index < -0.39 is 0 Å². The SMILES string of the molecule is C#Cc1ccc(CN2CCC3(C=C(Br)NO3)CC2)cc1. The number of halogens is 1. The molecule has 20 heavy (non-hydrogen) atoms. The van der Waals surface area contributed by atoms with Crippen molar-refractivity contribution in [3.8, 4) is 12.3 Å². The van der Waals surface area contributed by atoms with Gasteiger partial charge in [0.15, 0.2) is 0 Å². The van der Waals surface area contributed by atoms with E-state index in [0.717, 1.165) is 42.6 Å². The zero-order valence-electron chi connectivity index (χ0n) is 11.2. The molecule has 1 saturated heterocycles. The van der Waals surface area contributed by atoms with E-state index >= 15 is 0 Å². The summed E-state index contributed by atoms with van der Waals surface area (Å²) in [5.41, 5.74) is 5.02. The van der Waals surface area contributed by atoms with Crippen molar-refractivity contribution in [3.63, 3.8) is 0 Å². The highest BCUT2D eigenvalue weighted by Gasteiger charge is 2.37. The highest BCUT2D eigenvalue weighted by atomic mass is 79.9. The molecule has 104 valence electrons. The smallest absolute Gasteiger partial charge is 0.119 e. The van der Waals surface area contributed by atoms with E-state index in [1.54, 1.807) is 0 Å². The van der Waals surface area contributed by atoms with E-state index in [0.29, 0.717) is 0 Å². The number of hydrogen-bond acceptors (Lipinski definition) is 3. The van der Waals surface area contributed by atoms with Crippen LogP contribution in [0, 0.1) is 12.3 Å². The predicted molar refractivity (Wildman–Crippen MR) is 82.8 cm³/mol. The molecule has 0 radical (unpaired) electrons. The highest BCUT2D eigenvalue weighted by Crippen LogP contribution is 2.33. The van der Waals surface area contributed by atoms with Crippen molar-refractivity contribution in [2.24, 2.45) is 0 Å². The lowest BCUT2D eigenvalue weighted by atomic mass is 9.91. The van der Waals surface area contributed by atoms with E-state index in [4.69, 9.17) is 11.3 Å². The molecule has 0 atom stereocenters. The van der Waals surface area contributed by atoms with Crippen LogP contribution in [0.4, 0.5) is 0 Å². The minimum absolute atomic E-state index is 0.122. The Morgan fingerprint density at radius 2 is 2.00 bits per heavy atom. The number of piperidine rings is 1. The molecule has 4 heteroatoms. The Balaban J connectivity index is 1.57. The van der Waals surface area contributed by atoms with Crippen LogP contribution in [0.25, 0.3) is 0 Å². The van der Waals surface area contributed by atoms with Crippen LogP contribution in [0.2, 0.25) is 0 Å². The summed E-state index contributed by atoms with van der Waals surface area (Å²) in [4.78, 5) is 8.14. The van der Waals surface area contributed by atoms with Crippen LogP contribution in [0.1, 0.15) is 24.0 Å². The standard InChI is InChI=1S/C16H17BrN2O/c1-2-13-3-5-14(6-4-13)12-19-9-7-16(8-10-19)11-15(17)18-20-16/h1,3-6,11,18H,7-10,12H2. The average Bonchev–Trinajstić information content (AvgIpc) is 2.84. The Labute approximate surface area is 128 Å². The minimum Gasteiger partial charge on any atom is -0.299 e. The number of terminal acetylenes is 1. The molecular weight excluding hydrogens is 316 g/mol. The predicted octanol–water partition coefficient (Wildman–Crippen LogP) is 2.77. The molecule has 0 aromatic heterocycles. The number of nitrogens with zero attached hydrogens (tertiary/aromatic N) is 1. The molecule has 0 amide bonds. The molecule has 2 aliphatic rings. The van der Waals surface area contributed by atoms with Crippen LogP contribution in [0.3, 0.4) is 0 Å². The molecule has 0 unspecified atom stereocenters. The molecule has 0 aliphatic carbocycles. The van der Waals surface area contributed by atoms with E-state index in [9.17, 15) is 0 Å². The van der Waals surface area contributed by atoms with E-state index in [-0.39, 0.29) is 5.60 Å². The third kappa shape index (κ3) is 2.90. The summed E-state index contributed by atoms with van der Waals surface area (Å²) >= 11 is 3.43. The third-order valence-corrected chi connectivity index (χ3v) is 4.36. The van der Waals surface area contributed by atoms with Gasteiger partial charge in [-0.15, -0.1) is 6.42 Å². The maximum atomic E-state index is 5.68. The first kappa shape index (κ1) is 13.7. The molecule has 0 saturated carbocycles. The van der Waals surface area contributed by atoms with Gasteiger partial charge in [-0.1, -0.05) is 18.1 Å². The van der Waals surface area contributed by atoms with Crippen molar-refractivity contribution in [2.45, 2.75) is 25.0 Å². The number of hydroxylamine groups is 1. The Kier molecular flexibility index (Phi) is 3.84. The number of rotatable bonds is 2. The van der Waals surface area contributed by atoms with E-state index in [1.165, 1.54) is 5.56 Å². The van der Waals surface area contributed by atoms with Crippen LogP contribution in [0.15, 0.2) is 34.9 Å². The largest absolute Gasteiger partial charge is 0.299 e. The summed E-state index contributed by atoms with van der Waals surface area (Å²) in [6.45, 7) is 3.05. The lowest BCUT2D eigenvalue weighted by Gasteiger charge is -2.36. The Morgan fingerprint density at radius 3 is 2.55 bits per heavy atom. The molecule has 1 aromatic carbocycles. The van der Waals surface area contributed by atoms with Gasteiger partial charge >= 0.3 is 0 Å². The van der Waals surface area contributed by atoms with Crippen molar-refractivity contribution in [3.05, 3.63) is 46.1 Å². The van der Waals surface area contributed by atoms with Gasteiger partial charge in [-0.2, -0.15) is 0 Å². The van der Waals surface area contributed by atoms with Crippen molar-refractivity contribution in [1.82, 2.24) is 10.4 Å². The lowest BCUT2D eigenvalue weighted by molar-refractivity contribution is -0.0729.